The van der Waals surface area contributed by atoms with Gasteiger partial charge in [0.15, 0.2) is 0 Å². The molecule has 3 aromatic rings. The molecule has 0 unspecified atom stereocenters. The van der Waals surface area contributed by atoms with Crippen molar-refractivity contribution in [3.63, 3.8) is 0 Å². The first-order valence-corrected chi connectivity index (χ1v) is 9.77. The van der Waals surface area contributed by atoms with Crippen molar-refractivity contribution in [2.24, 2.45) is 0 Å². The molecule has 0 fully saturated rings. The van der Waals surface area contributed by atoms with E-state index in [-0.39, 0.29) is 23.1 Å². The summed E-state index contributed by atoms with van der Waals surface area (Å²) in [5, 5.41) is 13.2. The van der Waals surface area contributed by atoms with Crippen molar-refractivity contribution in [3.8, 4) is 16.9 Å². The number of hydrogen-bond donors (Lipinski definition) is 2. The zero-order chi connectivity index (χ0) is 19.8. The number of benzene rings is 2. The highest BCUT2D eigenvalue weighted by molar-refractivity contribution is 7.15. The molecule has 0 saturated heterocycles. The number of carboxylic acids is 1. The minimum Gasteiger partial charge on any atom is -0.497 e. The number of aromatic carboxylic acids is 1. The summed E-state index contributed by atoms with van der Waals surface area (Å²) in [6.07, 6.45) is 0.221. The lowest BCUT2D eigenvalue weighted by atomic mass is 9.88. The van der Waals surface area contributed by atoms with E-state index in [9.17, 15) is 14.7 Å². The molecule has 1 aliphatic rings. The van der Waals surface area contributed by atoms with E-state index in [0.29, 0.717) is 27.6 Å². The van der Waals surface area contributed by atoms with Gasteiger partial charge in [-0.25, -0.2) is 4.79 Å². The van der Waals surface area contributed by atoms with Crippen LogP contribution in [0.5, 0.6) is 5.75 Å². The smallest absolute Gasteiger partial charge is 0.346 e. The Kier molecular flexibility index (Phi) is 4.83. The molecule has 142 valence electrons. The van der Waals surface area contributed by atoms with E-state index in [1.54, 1.807) is 37.4 Å². The maximum atomic E-state index is 12.5. The number of nitrogens with one attached hydrogen (secondary N) is 1. The molecule has 1 aliphatic heterocycles. The van der Waals surface area contributed by atoms with E-state index >= 15 is 0 Å². The number of rotatable bonds is 4. The summed E-state index contributed by atoms with van der Waals surface area (Å²) in [7, 11) is 1.57. The Bertz CT molecular complexity index is 1070. The number of anilines is 1. The summed E-state index contributed by atoms with van der Waals surface area (Å²) in [6.45, 7) is 0. The van der Waals surface area contributed by atoms with Gasteiger partial charge in [-0.2, -0.15) is 0 Å². The van der Waals surface area contributed by atoms with Crippen molar-refractivity contribution in [1.29, 1.82) is 0 Å². The maximum absolute atomic E-state index is 12.5. The van der Waals surface area contributed by atoms with Crippen LogP contribution in [0.4, 0.5) is 5.69 Å². The molecule has 5 nitrogen and oxygen atoms in total. The van der Waals surface area contributed by atoms with E-state index in [1.165, 1.54) is 11.3 Å². The Morgan fingerprint density at radius 1 is 1.21 bits per heavy atom. The fraction of sp³-hybridized carbons (Fsp3) is 0.143. The molecule has 0 radical (unpaired) electrons. The largest absolute Gasteiger partial charge is 0.497 e. The van der Waals surface area contributed by atoms with Gasteiger partial charge in [0.1, 0.15) is 10.6 Å². The second kappa shape index (κ2) is 7.30. The van der Waals surface area contributed by atoms with Crippen LogP contribution in [0.15, 0.2) is 48.5 Å². The molecule has 1 atom stereocenters. The number of methoxy groups -OCH3 is 1. The summed E-state index contributed by atoms with van der Waals surface area (Å²) >= 11 is 7.56. The SMILES string of the molecule is COc1ccc(-c2c(C(=O)O)sc3c2NC(=O)C[C@H]3c2ccccc2Cl)cc1. The molecule has 2 N–H and O–H groups in total. The molecule has 28 heavy (non-hydrogen) atoms. The molecule has 1 amide bonds. The third-order valence-corrected chi connectivity index (χ3v) is 6.40. The van der Waals surface area contributed by atoms with Crippen LogP contribution < -0.4 is 10.1 Å². The molecular formula is C21H16ClNO4S. The number of hydrogen-bond acceptors (Lipinski definition) is 4. The highest BCUT2D eigenvalue weighted by Gasteiger charge is 2.35. The van der Waals surface area contributed by atoms with E-state index in [0.717, 1.165) is 10.4 Å². The van der Waals surface area contributed by atoms with Crippen LogP contribution in [0.1, 0.15) is 32.5 Å². The fourth-order valence-electron chi connectivity index (χ4n) is 3.48. The molecule has 2 heterocycles. The number of fused-ring (bicyclic) bond motifs is 1. The molecular weight excluding hydrogens is 398 g/mol. The zero-order valence-corrected chi connectivity index (χ0v) is 16.4. The number of carbonyl (C=O) groups is 2. The van der Waals surface area contributed by atoms with Gasteiger partial charge in [0.05, 0.1) is 12.8 Å². The van der Waals surface area contributed by atoms with Gasteiger partial charge in [-0.15, -0.1) is 11.3 Å². The van der Waals surface area contributed by atoms with Gasteiger partial charge in [-0.1, -0.05) is 41.9 Å². The molecule has 7 heteroatoms. The Morgan fingerprint density at radius 3 is 2.57 bits per heavy atom. The van der Waals surface area contributed by atoms with E-state index in [2.05, 4.69) is 5.32 Å². The Hall–Kier alpha value is -2.83. The molecule has 2 aromatic carbocycles. The van der Waals surface area contributed by atoms with Crippen LogP contribution >= 0.6 is 22.9 Å². The monoisotopic (exact) mass is 413 g/mol. The second-order valence-corrected chi connectivity index (χ2v) is 7.86. The highest BCUT2D eigenvalue weighted by Crippen LogP contribution is 2.50. The van der Waals surface area contributed by atoms with Crippen molar-refractivity contribution >= 4 is 40.5 Å². The van der Waals surface area contributed by atoms with Gasteiger partial charge in [0.25, 0.3) is 0 Å². The number of carboxylic acid groups (broad SMARTS) is 1. The lowest BCUT2D eigenvalue weighted by Crippen LogP contribution is -2.22. The van der Waals surface area contributed by atoms with Crippen molar-refractivity contribution in [2.45, 2.75) is 12.3 Å². The second-order valence-electron chi connectivity index (χ2n) is 6.41. The van der Waals surface area contributed by atoms with E-state index < -0.39 is 5.97 Å². The molecule has 0 spiro atoms. The van der Waals surface area contributed by atoms with Crippen LogP contribution in [0.2, 0.25) is 5.02 Å². The van der Waals surface area contributed by atoms with Crippen molar-refractivity contribution in [3.05, 3.63) is 68.9 Å². The van der Waals surface area contributed by atoms with Gasteiger partial charge in [0, 0.05) is 27.8 Å². The first kappa shape index (κ1) is 18.5. The summed E-state index contributed by atoms with van der Waals surface area (Å²) in [5.74, 6) is -0.811. The number of halogens is 1. The third kappa shape index (κ3) is 3.15. The predicted octanol–water partition coefficient (Wildman–Crippen LogP) is 5.25. The first-order chi connectivity index (χ1) is 13.5. The highest BCUT2D eigenvalue weighted by atomic mass is 35.5. The third-order valence-electron chi connectivity index (χ3n) is 4.76. The lowest BCUT2D eigenvalue weighted by Gasteiger charge is -2.24. The van der Waals surface area contributed by atoms with Crippen LogP contribution in [0, 0.1) is 0 Å². The summed E-state index contributed by atoms with van der Waals surface area (Å²) in [4.78, 5) is 25.4. The quantitative estimate of drug-likeness (QED) is 0.612. The van der Waals surface area contributed by atoms with Crippen LogP contribution in [-0.2, 0) is 4.79 Å². The first-order valence-electron chi connectivity index (χ1n) is 8.58. The normalized spacial score (nSPS) is 15.6. The van der Waals surface area contributed by atoms with Gasteiger partial charge in [0.2, 0.25) is 5.91 Å². The lowest BCUT2D eigenvalue weighted by molar-refractivity contribution is -0.116. The summed E-state index contributed by atoms with van der Waals surface area (Å²) in [5.41, 5.74) is 2.59. The molecule has 0 saturated carbocycles. The van der Waals surface area contributed by atoms with Gasteiger partial charge in [-0.3, -0.25) is 4.79 Å². The van der Waals surface area contributed by atoms with Gasteiger partial charge >= 0.3 is 5.97 Å². The number of carbonyl (C=O) groups excluding carboxylic acids is 1. The average molecular weight is 414 g/mol. The predicted molar refractivity (Wildman–Crippen MR) is 110 cm³/mol. The van der Waals surface area contributed by atoms with Crippen molar-refractivity contribution < 1.29 is 19.4 Å². The van der Waals surface area contributed by atoms with Gasteiger partial charge in [-0.05, 0) is 29.3 Å². The summed E-state index contributed by atoms with van der Waals surface area (Å²) < 4.78 is 5.18. The molecule has 0 aliphatic carbocycles. The number of ether oxygens (including phenoxy) is 1. The minimum atomic E-state index is -1.03. The Balaban J connectivity index is 1.93. The standard InChI is InChI=1S/C21H16ClNO4S/c1-27-12-8-6-11(7-9-12)17-18-19(28-20(17)21(25)26)14(10-16(24)23-18)13-4-2-3-5-15(13)22/h2-9,14H,10H2,1H3,(H,23,24)(H,25,26)/t14-/m0/s1. The fourth-order valence-corrected chi connectivity index (χ4v) is 4.98. The molecule has 0 bridgehead atoms. The minimum absolute atomic E-state index is 0.165. The Morgan fingerprint density at radius 2 is 1.93 bits per heavy atom. The molecule has 4 rings (SSSR count). The summed E-state index contributed by atoms with van der Waals surface area (Å²) in [6, 6.07) is 14.5. The molecule has 1 aromatic heterocycles. The van der Waals surface area contributed by atoms with E-state index in [4.69, 9.17) is 16.3 Å². The van der Waals surface area contributed by atoms with Crippen LogP contribution in [0.25, 0.3) is 11.1 Å². The average Bonchev–Trinajstić information content (AvgIpc) is 3.07. The van der Waals surface area contributed by atoms with E-state index in [1.807, 2.05) is 18.2 Å². The van der Waals surface area contributed by atoms with Crippen molar-refractivity contribution in [1.82, 2.24) is 0 Å². The van der Waals surface area contributed by atoms with Crippen molar-refractivity contribution in [2.75, 3.05) is 12.4 Å². The maximum Gasteiger partial charge on any atom is 0.346 e. The number of thiophene rings is 1. The zero-order valence-electron chi connectivity index (χ0n) is 14.9. The van der Waals surface area contributed by atoms with Crippen LogP contribution in [-0.4, -0.2) is 24.1 Å². The topological polar surface area (TPSA) is 75.6 Å². The van der Waals surface area contributed by atoms with Gasteiger partial charge < -0.3 is 15.2 Å². The Labute approximate surface area is 170 Å². The van der Waals surface area contributed by atoms with Crippen LogP contribution in [0.3, 0.4) is 0 Å². The number of amides is 1.